The number of rotatable bonds is 8. The minimum absolute atomic E-state index is 0.155. The summed E-state index contributed by atoms with van der Waals surface area (Å²) >= 11 is 14.7. The summed E-state index contributed by atoms with van der Waals surface area (Å²) < 4.78 is 0. The van der Waals surface area contributed by atoms with Gasteiger partial charge in [0.1, 0.15) is 0 Å². The molecule has 0 saturated heterocycles. The van der Waals surface area contributed by atoms with E-state index in [1.807, 2.05) is 48.5 Å². The number of fused-ring (bicyclic) bond motifs is 3. The molecule has 0 spiro atoms. The molecule has 4 aromatic carbocycles. The van der Waals surface area contributed by atoms with Crippen molar-refractivity contribution in [2.75, 3.05) is 22.1 Å². The maximum atomic E-state index is 12.6. The summed E-state index contributed by atoms with van der Waals surface area (Å²) in [6.45, 7) is 0. The highest BCUT2D eigenvalue weighted by Crippen LogP contribution is 2.26. The number of H-pyrrole nitrogens is 2. The molecule has 0 saturated carbocycles. The van der Waals surface area contributed by atoms with Crippen LogP contribution in [0.5, 0.6) is 0 Å². The molecule has 0 radical (unpaired) electrons. The van der Waals surface area contributed by atoms with E-state index in [0.717, 1.165) is 32.8 Å². The van der Waals surface area contributed by atoms with E-state index in [-0.39, 0.29) is 23.3 Å². The first-order valence-electron chi connectivity index (χ1n) is 12.1. The maximum absolute atomic E-state index is 12.6. The topological polar surface area (TPSA) is 116 Å². The molecule has 0 bridgehead atoms. The van der Waals surface area contributed by atoms with Crippen molar-refractivity contribution in [3.63, 3.8) is 0 Å². The zero-order valence-corrected chi connectivity index (χ0v) is 23.8. The van der Waals surface area contributed by atoms with Crippen LogP contribution in [0.4, 0.5) is 11.4 Å². The molecule has 40 heavy (non-hydrogen) atoms. The number of imidazole rings is 2. The number of amides is 2. The first-order valence-corrected chi connectivity index (χ1v) is 14.8. The number of carbonyl (C=O) groups excluding carboxylic acids is 2. The molecular formula is C28H20Cl2N6O2S2. The van der Waals surface area contributed by atoms with E-state index in [1.165, 1.54) is 23.5 Å². The van der Waals surface area contributed by atoms with Crippen molar-refractivity contribution in [1.82, 2.24) is 19.9 Å². The average molecular weight is 608 g/mol. The summed E-state index contributed by atoms with van der Waals surface area (Å²) in [4.78, 5) is 40.5. The van der Waals surface area contributed by atoms with Crippen LogP contribution in [0.3, 0.4) is 0 Å². The van der Waals surface area contributed by atoms with Gasteiger partial charge in [0.05, 0.1) is 33.6 Å². The quantitative estimate of drug-likeness (QED) is 0.134. The largest absolute Gasteiger partial charge is 0.333 e. The predicted octanol–water partition coefficient (Wildman–Crippen LogP) is 7.36. The Hall–Kier alpha value is -3.70. The van der Waals surface area contributed by atoms with Crippen molar-refractivity contribution in [3.05, 3.63) is 82.8 Å². The molecule has 0 fully saturated rings. The first kappa shape index (κ1) is 26.5. The van der Waals surface area contributed by atoms with E-state index in [0.29, 0.717) is 31.7 Å². The molecule has 2 heterocycles. The van der Waals surface area contributed by atoms with Gasteiger partial charge in [-0.1, -0.05) is 58.9 Å². The number of anilines is 2. The molecule has 2 amide bonds. The first-order chi connectivity index (χ1) is 19.4. The minimum atomic E-state index is -0.155. The molecule has 0 unspecified atom stereocenters. The number of aromatic nitrogens is 4. The van der Waals surface area contributed by atoms with Gasteiger partial charge in [0.2, 0.25) is 11.8 Å². The lowest BCUT2D eigenvalue weighted by atomic mass is 10.1. The second kappa shape index (κ2) is 11.4. The van der Waals surface area contributed by atoms with Crippen molar-refractivity contribution in [2.24, 2.45) is 0 Å². The van der Waals surface area contributed by atoms with Gasteiger partial charge in [-0.15, -0.1) is 0 Å². The molecule has 0 aliphatic carbocycles. The zero-order valence-electron chi connectivity index (χ0n) is 20.6. The summed E-state index contributed by atoms with van der Waals surface area (Å²) in [6.07, 6.45) is 0. The normalized spacial score (nSPS) is 11.3. The van der Waals surface area contributed by atoms with Crippen LogP contribution in [0.25, 0.3) is 32.8 Å². The second-order valence-corrected chi connectivity index (χ2v) is 11.7. The zero-order chi connectivity index (χ0) is 27.6. The molecule has 0 aliphatic rings. The highest BCUT2D eigenvalue weighted by molar-refractivity contribution is 8.00. The summed E-state index contributed by atoms with van der Waals surface area (Å²) in [5.74, 6) is 0.0734. The fourth-order valence-electron chi connectivity index (χ4n) is 4.12. The van der Waals surface area contributed by atoms with E-state index in [2.05, 4.69) is 30.6 Å². The molecule has 12 heteroatoms. The fraction of sp³-hybridized carbons (Fsp3) is 0.0714. The molecule has 2 aromatic heterocycles. The van der Waals surface area contributed by atoms with E-state index in [9.17, 15) is 9.59 Å². The predicted molar refractivity (Wildman–Crippen MR) is 165 cm³/mol. The molecular weight excluding hydrogens is 587 g/mol. The Morgan fingerprint density at radius 2 is 1.12 bits per heavy atom. The van der Waals surface area contributed by atoms with E-state index in [1.54, 1.807) is 24.3 Å². The minimum Gasteiger partial charge on any atom is -0.333 e. The number of halogens is 2. The number of thioether (sulfide) groups is 2. The second-order valence-electron chi connectivity index (χ2n) is 8.86. The average Bonchev–Trinajstić information content (AvgIpc) is 3.53. The van der Waals surface area contributed by atoms with Crippen LogP contribution >= 0.6 is 46.7 Å². The van der Waals surface area contributed by atoms with Crippen LogP contribution in [0.1, 0.15) is 0 Å². The van der Waals surface area contributed by atoms with Gasteiger partial charge in [-0.3, -0.25) is 9.59 Å². The van der Waals surface area contributed by atoms with Crippen molar-refractivity contribution < 1.29 is 9.59 Å². The number of benzene rings is 4. The Bertz CT molecular complexity index is 1770. The smallest absolute Gasteiger partial charge is 0.234 e. The van der Waals surface area contributed by atoms with Gasteiger partial charge in [0.15, 0.2) is 10.3 Å². The maximum Gasteiger partial charge on any atom is 0.234 e. The fourth-order valence-corrected chi connectivity index (χ4v) is 5.83. The Morgan fingerprint density at radius 1 is 0.650 bits per heavy atom. The van der Waals surface area contributed by atoms with Gasteiger partial charge in [0.25, 0.3) is 0 Å². The van der Waals surface area contributed by atoms with E-state index < -0.39 is 0 Å². The van der Waals surface area contributed by atoms with Gasteiger partial charge < -0.3 is 20.6 Å². The monoisotopic (exact) mass is 606 g/mol. The van der Waals surface area contributed by atoms with Crippen LogP contribution in [-0.2, 0) is 9.59 Å². The summed E-state index contributed by atoms with van der Waals surface area (Å²) in [7, 11) is 0. The molecule has 0 atom stereocenters. The number of nitrogens with zero attached hydrogens (tertiary/aromatic N) is 2. The number of nitrogens with one attached hydrogen (secondary N) is 4. The van der Waals surface area contributed by atoms with Gasteiger partial charge in [0, 0.05) is 21.4 Å². The SMILES string of the molecule is O=C(CSc1nc2ccc(Cl)cc2[nH]1)Nc1ccc2ccc(NC(=O)CSc3nc4ccc(Cl)cc4[nH]3)cc2c1. The van der Waals surface area contributed by atoms with Crippen LogP contribution in [0.15, 0.2) is 83.1 Å². The number of hydrogen-bond acceptors (Lipinski definition) is 6. The third-order valence-corrected chi connectivity index (χ3v) is 8.15. The van der Waals surface area contributed by atoms with Crippen molar-refractivity contribution in [3.8, 4) is 0 Å². The number of carbonyl (C=O) groups is 2. The van der Waals surface area contributed by atoms with Gasteiger partial charge in [-0.25, -0.2) is 9.97 Å². The van der Waals surface area contributed by atoms with E-state index in [4.69, 9.17) is 23.2 Å². The highest BCUT2D eigenvalue weighted by Gasteiger charge is 2.11. The summed E-state index contributed by atoms with van der Waals surface area (Å²) in [5.41, 5.74) is 4.57. The van der Waals surface area contributed by atoms with Gasteiger partial charge >= 0.3 is 0 Å². The lowest BCUT2D eigenvalue weighted by Crippen LogP contribution is -2.14. The Kier molecular flexibility index (Phi) is 7.57. The molecule has 0 aliphatic heterocycles. The Balaban J connectivity index is 1.05. The van der Waals surface area contributed by atoms with Crippen molar-refractivity contribution in [2.45, 2.75) is 10.3 Å². The molecule has 8 nitrogen and oxygen atoms in total. The number of aromatic amines is 2. The standard InChI is InChI=1S/C28H20Cl2N6O2S2/c29-17-3-7-21-23(11-17)35-27(33-21)39-13-25(37)31-19-5-1-15-2-6-20(10-16(15)9-19)32-26(38)14-40-28-34-22-8-4-18(30)12-24(22)36-28/h1-12H,13-14H2,(H,31,37)(H,32,38)(H,33,35)(H,34,36). The van der Waals surface area contributed by atoms with Crippen LogP contribution in [-0.4, -0.2) is 43.3 Å². The summed E-state index contributed by atoms with van der Waals surface area (Å²) in [6, 6.07) is 22.1. The third kappa shape index (κ3) is 6.20. The van der Waals surface area contributed by atoms with Crippen LogP contribution in [0, 0.1) is 0 Å². The number of hydrogen-bond donors (Lipinski definition) is 4. The van der Waals surface area contributed by atoms with Crippen molar-refractivity contribution >= 4 is 103 Å². The molecule has 6 rings (SSSR count). The molecule has 6 aromatic rings. The van der Waals surface area contributed by atoms with Crippen LogP contribution < -0.4 is 10.6 Å². The third-order valence-electron chi connectivity index (χ3n) is 5.93. The highest BCUT2D eigenvalue weighted by atomic mass is 35.5. The molecule has 4 N–H and O–H groups in total. The lowest BCUT2D eigenvalue weighted by molar-refractivity contribution is -0.114. The van der Waals surface area contributed by atoms with Crippen LogP contribution in [0.2, 0.25) is 10.0 Å². The Morgan fingerprint density at radius 3 is 1.60 bits per heavy atom. The van der Waals surface area contributed by atoms with Gasteiger partial charge in [-0.2, -0.15) is 0 Å². The lowest BCUT2D eigenvalue weighted by Gasteiger charge is -2.09. The van der Waals surface area contributed by atoms with E-state index >= 15 is 0 Å². The summed E-state index contributed by atoms with van der Waals surface area (Å²) in [5, 5.41) is 10.3. The molecule has 200 valence electrons. The van der Waals surface area contributed by atoms with Gasteiger partial charge in [-0.05, 0) is 71.4 Å². The Labute approximate surface area is 246 Å². The van der Waals surface area contributed by atoms with Crippen molar-refractivity contribution in [1.29, 1.82) is 0 Å².